The van der Waals surface area contributed by atoms with E-state index >= 15 is 0 Å². The van der Waals surface area contributed by atoms with Crippen molar-refractivity contribution < 1.29 is 23.1 Å². The van der Waals surface area contributed by atoms with Gasteiger partial charge in [0, 0.05) is 6.20 Å². The van der Waals surface area contributed by atoms with Gasteiger partial charge in [0.15, 0.2) is 5.69 Å². The van der Waals surface area contributed by atoms with E-state index < -0.39 is 23.5 Å². The van der Waals surface area contributed by atoms with Gasteiger partial charge in [0.2, 0.25) is 0 Å². The number of carboxylic acid groups (broad SMARTS) is 1. The van der Waals surface area contributed by atoms with Crippen molar-refractivity contribution in [3.63, 3.8) is 0 Å². The summed E-state index contributed by atoms with van der Waals surface area (Å²) in [6.07, 6.45) is -3.96. The summed E-state index contributed by atoms with van der Waals surface area (Å²) in [4.78, 5) is 10.2. The molecule has 0 unspecified atom stereocenters. The number of hydrogen-bond donors (Lipinski definition) is 2. The second-order valence-corrected chi connectivity index (χ2v) is 2.84. The fourth-order valence-corrected chi connectivity index (χ4v) is 0.982. The van der Waals surface area contributed by atoms with Crippen LogP contribution >= 0.6 is 12.4 Å². The number of hydrogen-bond acceptors (Lipinski definition) is 3. The molecule has 16 heavy (non-hydrogen) atoms. The molecule has 0 saturated heterocycles. The van der Waals surface area contributed by atoms with Crippen molar-refractivity contribution in [2.24, 2.45) is 0 Å². The molecule has 1 aromatic heterocycles. The lowest BCUT2D eigenvalue weighted by Gasteiger charge is -2.02. The van der Waals surface area contributed by atoms with Crippen molar-refractivity contribution in [3.05, 3.63) is 11.9 Å². The molecule has 0 aliphatic heterocycles. The molecule has 3 N–H and O–H groups in total. The summed E-state index contributed by atoms with van der Waals surface area (Å²) in [5.41, 5.74) is 3.39. The van der Waals surface area contributed by atoms with E-state index in [4.69, 9.17) is 10.8 Å². The van der Waals surface area contributed by atoms with E-state index in [0.717, 1.165) is 10.9 Å². The minimum Gasteiger partial charge on any atom is -0.481 e. The first kappa shape index (κ1) is 14.6. The lowest BCUT2D eigenvalue weighted by atomic mass is 10.4. The molecule has 9 heteroatoms. The molecule has 0 fully saturated rings. The first-order valence-corrected chi connectivity index (χ1v) is 3.92. The van der Waals surface area contributed by atoms with Gasteiger partial charge in [0.05, 0.1) is 18.7 Å². The number of halogens is 4. The molecule has 0 bridgehead atoms. The minimum absolute atomic E-state index is 0. The van der Waals surface area contributed by atoms with Gasteiger partial charge in [-0.1, -0.05) is 0 Å². The molecular formula is C7H9ClF3N3O2. The number of nitrogens with zero attached hydrogens (tertiary/aromatic N) is 2. The van der Waals surface area contributed by atoms with Gasteiger partial charge in [0.25, 0.3) is 0 Å². The van der Waals surface area contributed by atoms with Crippen molar-refractivity contribution in [2.45, 2.75) is 19.1 Å². The van der Waals surface area contributed by atoms with E-state index in [0.29, 0.717) is 0 Å². The van der Waals surface area contributed by atoms with Crippen LogP contribution in [0.4, 0.5) is 18.9 Å². The number of alkyl halides is 3. The summed E-state index contributed by atoms with van der Waals surface area (Å²) in [7, 11) is 0. The summed E-state index contributed by atoms with van der Waals surface area (Å²) < 4.78 is 37.4. The van der Waals surface area contributed by atoms with Gasteiger partial charge in [-0.05, 0) is 0 Å². The number of rotatable bonds is 3. The number of aromatic nitrogens is 2. The van der Waals surface area contributed by atoms with Crippen LogP contribution in [0.1, 0.15) is 12.1 Å². The lowest BCUT2D eigenvalue weighted by Crippen LogP contribution is -2.10. The molecule has 0 spiro atoms. The fourth-order valence-electron chi connectivity index (χ4n) is 0.982. The molecule has 0 amide bonds. The van der Waals surface area contributed by atoms with Gasteiger partial charge in [-0.3, -0.25) is 9.48 Å². The maximum absolute atomic E-state index is 12.2. The highest BCUT2D eigenvalue weighted by atomic mass is 35.5. The van der Waals surface area contributed by atoms with E-state index in [1.165, 1.54) is 0 Å². The summed E-state index contributed by atoms with van der Waals surface area (Å²) in [5, 5.41) is 11.5. The zero-order valence-corrected chi connectivity index (χ0v) is 8.68. The molecule has 1 rings (SSSR count). The molecule has 0 aliphatic carbocycles. The average molecular weight is 260 g/mol. The van der Waals surface area contributed by atoms with Gasteiger partial charge in [-0.25, -0.2) is 0 Å². The molecule has 1 aromatic rings. The predicted molar refractivity (Wildman–Crippen MR) is 51.1 cm³/mol. The fraction of sp³-hybridized carbons (Fsp3) is 0.429. The van der Waals surface area contributed by atoms with Crippen LogP contribution in [0.15, 0.2) is 6.20 Å². The average Bonchev–Trinajstić information content (AvgIpc) is 2.42. The SMILES string of the molecule is Cl.Nc1cn(CCC(=O)O)nc1C(F)(F)F. The Morgan fingerprint density at radius 2 is 2.12 bits per heavy atom. The van der Waals surface area contributed by atoms with Crippen molar-refractivity contribution in [3.8, 4) is 0 Å². The van der Waals surface area contributed by atoms with Gasteiger partial charge in [0.1, 0.15) is 0 Å². The number of aryl methyl sites for hydroxylation is 1. The van der Waals surface area contributed by atoms with E-state index in [1.807, 2.05) is 0 Å². The van der Waals surface area contributed by atoms with Crippen molar-refractivity contribution in [1.82, 2.24) is 9.78 Å². The third-order valence-corrected chi connectivity index (χ3v) is 1.61. The van der Waals surface area contributed by atoms with E-state index in [2.05, 4.69) is 5.10 Å². The monoisotopic (exact) mass is 259 g/mol. The lowest BCUT2D eigenvalue weighted by molar-refractivity contribution is -0.140. The molecule has 0 saturated carbocycles. The third-order valence-electron chi connectivity index (χ3n) is 1.61. The molecule has 5 nitrogen and oxygen atoms in total. The van der Waals surface area contributed by atoms with Crippen LogP contribution in [0.2, 0.25) is 0 Å². The number of anilines is 1. The quantitative estimate of drug-likeness (QED) is 0.859. The topological polar surface area (TPSA) is 81.1 Å². The van der Waals surface area contributed by atoms with Crippen molar-refractivity contribution in [2.75, 3.05) is 5.73 Å². The first-order chi connectivity index (χ1) is 6.80. The highest BCUT2D eigenvalue weighted by Crippen LogP contribution is 2.31. The van der Waals surface area contributed by atoms with Crippen LogP contribution in [-0.2, 0) is 17.5 Å². The molecule has 0 atom stereocenters. The van der Waals surface area contributed by atoms with Gasteiger partial charge >= 0.3 is 12.1 Å². The van der Waals surface area contributed by atoms with E-state index in [9.17, 15) is 18.0 Å². The Hall–Kier alpha value is -1.44. The number of carbonyl (C=O) groups is 1. The maximum Gasteiger partial charge on any atom is 0.437 e. The zero-order chi connectivity index (χ0) is 11.6. The largest absolute Gasteiger partial charge is 0.481 e. The normalized spacial score (nSPS) is 10.9. The summed E-state index contributed by atoms with van der Waals surface area (Å²) in [5.74, 6) is -1.11. The summed E-state index contributed by atoms with van der Waals surface area (Å²) in [6.45, 7) is -0.143. The van der Waals surface area contributed by atoms with Crippen molar-refractivity contribution >= 4 is 24.1 Å². The second kappa shape index (κ2) is 5.06. The first-order valence-electron chi connectivity index (χ1n) is 3.92. The van der Waals surface area contributed by atoms with Gasteiger partial charge in [-0.15, -0.1) is 12.4 Å². The van der Waals surface area contributed by atoms with Crippen molar-refractivity contribution in [1.29, 1.82) is 0 Å². The van der Waals surface area contributed by atoms with Crippen LogP contribution < -0.4 is 5.73 Å². The van der Waals surface area contributed by atoms with Crippen LogP contribution in [0.5, 0.6) is 0 Å². The van der Waals surface area contributed by atoms with Crippen LogP contribution in [-0.4, -0.2) is 20.9 Å². The maximum atomic E-state index is 12.2. The Morgan fingerprint density at radius 3 is 2.50 bits per heavy atom. The van der Waals surface area contributed by atoms with E-state index in [-0.39, 0.29) is 25.4 Å². The summed E-state index contributed by atoms with van der Waals surface area (Å²) >= 11 is 0. The predicted octanol–water partition coefficient (Wildman–Crippen LogP) is 1.38. The van der Waals surface area contributed by atoms with Gasteiger partial charge < -0.3 is 10.8 Å². The molecule has 0 radical (unpaired) electrons. The zero-order valence-electron chi connectivity index (χ0n) is 7.86. The molecule has 92 valence electrons. The van der Waals surface area contributed by atoms with E-state index in [1.54, 1.807) is 0 Å². The minimum atomic E-state index is -4.61. The van der Waals surface area contributed by atoms with Gasteiger partial charge in [-0.2, -0.15) is 18.3 Å². The molecule has 0 aromatic carbocycles. The Morgan fingerprint density at radius 1 is 1.56 bits per heavy atom. The number of carboxylic acids is 1. The molecule has 1 heterocycles. The van der Waals surface area contributed by atoms with Crippen LogP contribution in [0.3, 0.4) is 0 Å². The Bertz CT molecular complexity index is 377. The smallest absolute Gasteiger partial charge is 0.437 e. The Labute approximate surface area is 94.4 Å². The molecule has 0 aliphatic rings. The number of aliphatic carboxylic acids is 1. The van der Waals surface area contributed by atoms with Crippen LogP contribution in [0, 0.1) is 0 Å². The highest BCUT2D eigenvalue weighted by Gasteiger charge is 2.36. The number of nitrogens with two attached hydrogens (primary N) is 1. The highest BCUT2D eigenvalue weighted by molar-refractivity contribution is 5.85. The van der Waals surface area contributed by atoms with Crippen LogP contribution in [0.25, 0.3) is 0 Å². The Kier molecular flexibility index (Phi) is 4.61. The summed E-state index contributed by atoms with van der Waals surface area (Å²) in [6, 6.07) is 0. The standard InChI is InChI=1S/C7H8F3N3O2.ClH/c8-7(9,10)6-4(11)3-13(12-6)2-1-5(14)15;/h3H,1-2,11H2,(H,14,15);1H. The molecular weight excluding hydrogens is 251 g/mol. The Balaban J connectivity index is 0.00000225. The number of nitrogen functional groups attached to an aromatic ring is 1. The second-order valence-electron chi connectivity index (χ2n) is 2.84. The third kappa shape index (κ3) is 3.61.